The molecule has 1 N–H and O–H groups in total. The van der Waals surface area contributed by atoms with Crippen LogP contribution < -0.4 is 0 Å². The molecule has 0 radical (unpaired) electrons. The maximum atomic E-state index is 11.3. The van der Waals surface area contributed by atoms with Gasteiger partial charge in [0, 0.05) is 5.57 Å². The molecule has 1 aliphatic heterocycles. The van der Waals surface area contributed by atoms with Crippen LogP contribution in [0.15, 0.2) is 12.2 Å². The zero-order valence-corrected chi connectivity index (χ0v) is 10.8. The van der Waals surface area contributed by atoms with Crippen LogP contribution in [-0.4, -0.2) is 23.8 Å². The van der Waals surface area contributed by atoms with Gasteiger partial charge in [-0.1, -0.05) is 45.6 Å². The van der Waals surface area contributed by atoms with Crippen molar-refractivity contribution in [2.45, 2.75) is 58.0 Å². The lowest BCUT2D eigenvalue weighted by Gasteiger charge is -2.14. The van der Waals surface area contributed by atoms with Gasteiger partial charge in [0.25, 0.3) is 0 Å². The Morgan fingerprint density at radius 2 is 1.88 bits per heavy atom. The summed E-state index contributed by atoms with van der Waals surface area (Å²) in [4.78, 5) is 11.3. The topological polar surface area (TPSA) is 46.5 Å². The van der Waals surface area contributed by atoms with E-state index in [9.17, 15) is 9.90 Å². The SMILES string of the molecule is C=C1C(=O)OC(CCCCCCCC)C1CO. The molecular formula is C14H24O3. The quantitative estimate of drug-likeness (QED) is 0.403. The van der Waals surface area contributed by atoms with Gasteiger partial charge in [0.2, 0.25) is 0 Å². The highest BCUT2D eigenvalue weighted by Crippen LogP contribution is 2.29. The third kappa shape index (κ3) is 4.15. The Morgan fingerprint density at radius 1 is 1.24 bits per heavy atom. The van der Waals surface area contributed by atoms with Crippen LogP contribution >= 0.6 is 0 Å². The van der Waals surface area contributed by atoms with Crippen LogP contribution in [0.25, 0.3) is 0 Å². The van der Waals surface area contributed by atoms with Gasteiger partial charge >= 0.3 is 5.97 Å². The van der Waals surface area contributed by atoms with E-state index in [0.29, 0.717) is 5.57 Å². The zero-order valence-electron chi connectivity index (χ0n) is 10.8. The highest BCUT2D eigenvalue weighted by molar-refractivity contribution is 5.90. The molecule has 0 saturated carbocycles. The Labute approximate surface area is 104 Å². The zero-order chi connectivity index (χ0) is 12.7. The van der Waals surface area contributed by atoms with Crippen LogP contribution in [0, 0.1) is 5.92 Å². The van der Waals surface area contributed by atoms with Gasteiger partial charge in [-0.3, -0.25) is 0 Å². The van der Waals surface area contributed by atoms with Crippen molar-refractivity contribution < 1.29 is 14.6 Å². The Balaban J connectivity index is 2.18. The number of ether oxygens (including phenoxy) is 1. The molecule has 0 bridgehead atoms. The molecule has 98 valence electrons. The van der Waals surface area contributed by atoms with Gasteiger partial charge in [-0.15, -0.1) is 0 Å². The van der Waals surface area contributed by atoms with Gasteiger partial charge in [0.15, 0.2) is 0 Å². The Kier molecular flexibility index (Phi) is 6.27. The molecule has 1 saturated heterocycles. The van der Waals surface area contributed by atoms with E-state index in [1.165, 1.54) is 32.1 Å². The maximum absolute atomic E-state index is 11.3. The molecule has 1 aliphatic rings. The van der Waals surface area contributed by atoms with Gasteiger partial charge in [0.1, 0.15) is 6.10 Å². The van der Waals surface area contributed by atoms with E-state index in [4.69, 9.17) is 4.74 Å². The second-order valence-corrected chi connectivity index (χ2v) is 4.81. The minimum absolute atomic E-state index is 0.0366. The van der Waals surface area contributed by atoms with Gasteiger partial charge in [-0.2, -0.15) is 0 Å². The fourth-order valence-electron chi connectivity index (χ4n) is 2.28. The number of esters is 1. The second-order valence-electron chi connectivity index (χ2n) is 4.81. The fraction of sp³-hybridized carbons (Fsp3) is 0.786. The molecule has 1 heterocycles. The molecule has 0 spiro atoms. The van der Waals surface area contributed by atoms with Gasteiger partial charge in [-0.25, -0.2) is 4.79 Å². The average molecular weight is 240 g/mol. The summed E-state index contributed by atoms with van der Waals surface area (Å²) in [7, 11) is 0. The predicted octanol–water partition coefficient (Wildman–Crippen LogP) is 2.83. The maximum Gasteiger partial charge on any atom is 0.334 e. The summed E-state index contributed by atoms with van der Waals surface area (Å²) < 4.78 is 5.21. The smallest absolute Gasteiger partial charge is 0.334 e. The van der Waals surface area contributed by atoms with E-state index >= 15 is 0 Å². The van der Waals surface area contributed by atoms with E-state index in [2.05, 4.69) is 13.5 Å². The highest BCUT2D eigenvalue weighted by atomic mass is 16.6. The van der Waals surface area contributed by atoms with Gasteiger partial charge in [-0.05, 0) is 12.8 Å². The molecule has 1 rings (SSSR count). The number of hydrogen-bond acceptors (Lipinski definition) is 3. The Morgan fingerprint density at radius 3 is 2.53 bits per heavy atom. The van der Waals surface area contributed by atoms with E-state index < -0.39 is 0 Å². The summed E-state index contributed by atoms with van der Waals surface area (Å²) in [5.41, 5.74) is 0.434. The van der Waals surface area contributed by atoms with E-state index in [0.717, 1.165) is 12.8 Å². The van der Waals surface area contributed by atoms with Crippen LogP contribution in [-0.2, 0) is 9.53 Å². The normalized spacial score (nSPS) is 24.1. The van der Waals surface area contributed by atoms with Crippen LogP contribution in [0.2, 0.25) is 0 Å². The van der Waals surface area contributed by atoms with Crippen LogP contribution in [0.1, 0.15) is 51.9 Å². The van der Waals surface area contributed by atoms with E-state index in [1.54, 1.807) is 0 Å². The number of hydrogen-bond donors (Lipinski definition) is 1. The largest absolute Gasteiger partial charge is 0.458 e. The number of aliphatic hydroxyl groups excluding tert-OH is 1. The molecule has 0 aromatic rings. The third-order valence-corrected chi connectivity index (χ3v) is 3.46. The van der Waals surface area contributed by atoms with Crippen LogP contribution in [0.3, 0.4) is 0 Å². The van der Waals surface area contributed by atoms with Crippen LogP contribution in [0.5, 0.6) is 0 Å². The van der Waals surface area contributed by atoms with Crippen molar-refractivity contribution in [2.75, 3.05) is 6.61 Å². The number of cyclic esters (lactones) is 1. The third-order valence-electron chi connectivity index (χ3n) is 3.46. The summed E-state index contributed by atoms with van der Waals surface area (Å²) >= 11 is 0. The van der Waals surface area contributed by atoms with Crippen molar-refractivity contribution in [1.82, 2.24) is 0 Å². The van der Waals surface area contributed by atoms with Gasteiger partial charge < -0.3 is 9.84 Å². The number of aliphatic hydroxyl groups is 1. The lowest BCUT2D eigenvalue weighted by molar-refractivity contribution is -0.139. The Hall–Kier alpha value is -0.830. The summed E-state index contributed by atoms with van der Waals surface area (Å²) in [5.74, 6) is -0.516. The number of unbranched alkanes of at least 4 members (excludes halogenated alkanes) is 5. The lowest BCUT2D eigenvalue weighted by atomic mass is 9.94. The lowest BCUT2D eigenvalue weighted by Crippen LogP contribution is -2.19. The minimum atomic E-state index is -0.333. The van der Waals surface area contributed by atoms with E-state index in [-0.39, 0.29) is 24.6 Å². The first-order valence-electron chi connectivity index (χ1n) is 6.71. The monoisotopic (exact) mass is 240 g/mol. The fourth-order valence-corrected chi connectivity index (χ4v) is 2.28. The molecule has 0 aromatic heterocycles. The molecule has 0 aliphatic carbocycles. The molecule has 2 unspecified atom stereocenters. The van der Waals surface area contributed by atoms with Crippen molar-refractivity contribution in [3.8, 4) is 0 Å². The Bertz CT molecular complexity index is 260. The first kappa shape index (κ1) is 14.2. The standard InChI is InChI=1S/C14H24O3/c1-3-4-5-6-7-8-9-13-12(10-15)11(2)14(16)17-13/h12-13,15H,2-10H2,1H3. The van der Waals surface area contributed by atoms with Crippen molar-refractivity contribution in [1.29, 1.82) is 0 Å². The second kappa shape index (κ2) is 7.49. The van der Waals surface area contributed by atoms with Crippen molar-refractivity contribution in [3.05, 3.63) is 12.2 Å². The van der Waals surface area contributed by atoms with Crippen molar-refractivity contribution >= 4 is 5.97 Å². The summed E-state index contributed by atoms with van der Waals surface area (Å²) in [5, 5.41) is 9.20. The first-order valence-corrected chi connectivity index (χ1v) is 6.71. The molecule has 1 fully saturated rings. The summed E-state index contributed by atoms with van der Waals surface area (Å²) in [6, 6.07) is 0. The number of carbonyl (C=O) groups excluding carboxylic acids is 1. The number of carbonyl (C=O) groups is 1. The molecule has 2 atom stereocenters. The highest BCUT2D eigenvalue weighted by Gasteiger charge is 2.37. The molecular weight excluding hydrogens is 216 g/mol. The first-order chi connectivity index (χ1) is 8.20. The number of rotatable bonds is 8. The average Bonchev–Trinajstić information content (AvgIpc) is 2.59. The molecule has 0 amide bonds. The van der Waals surface area contributed by atoms with E-state index in [1.807, 2.05) is 0 Å². The minimum Gasteiger partial charge on any atom is -0.458 e. The predicted molar refractivity (Wildman–Crippen MR) is 67.6 cm³/mol. The van der Waals surface area contributed by atoms with Gasteiger partial charge in [0.05, 0.1) is 12.5 Å². The molecule has 0 aromatic carbocycles. The molecule has 3 heteroatoms. The molecule has 17 heavy (non-hydrogen) atoms. The molecule has 3 nitrogen and oxygen atoms in total. The van der Waals surface area contributed by atoms with Crippen LogP contribution in [0.4, 0.5) is 0 Å². The summed E-state index contributed by atoms with van der Waals surface area (Å²) in [6.07, 6.45) is 8.04. The van der Waals surface area contributed by atoms with Crippen molar-refractivity contribution in [3.63, 3.8) is 0 Å². The van der Waals surface area contributed by atoms with Crippen molar-refractivity contribution in [2.24, 2.45) is 5.92 Å². The summed E-state index contributed by atoms with van der Waals surface area (Å²) in [6.45, 7) is 5.84.